The molecular weight excluding hydrogens is 382 g/mol. The van der Waals surface area contributed by atoms with E-state index in [0.717, 1.165) is 29.7 Å². The van der Waals surface area contributed by atoms with Crippen molar-refractivity contribution in [3.8, 4) is 10.4 Å². The van der Waals surface area contributed by atoms with Crippen LogP contribution in [-0.2, 0) is 16.1 Å². The highest BCUT2D eigenvalue weighted by Gasteiger charge is 2.38. The van der Waals surface area contributed by atoms with E-state index >= 15 is 0 Å². The predicted octanol–water partition coefficient (Wildman–Crippen LogP) is 4.41. The van der Waals surface area contributed by atoms with Crippen molar-refractivity contribution >= 4 is 23.2 Å². The van der Waals surface area contributed by atoms with Crippen LogP contribution in [0, 0.1) is 18.3 Å². The van der Waals surface area contributed by atoms with Crippen LogP contribution in [0.15, 0.2) is 29.8 Å². The summed E-state index contributed by atoms with van der Waals surface area (Å²) in [7, 11) is 0. The van der Waals surface area contributed by atoms with Gasteiger partial charge in [0.05, 0.1) is 16.1 Å². The number of carbonyl (C=O) groups is 2. The summed E-state index contributed by atoms with van der Waals surface area (Å²) in [6, 6.07) is 7.85. The zero-order valence-electron chi connectivity index (χ0n) is 18.0. The molecule has 1 aliphatic heterocycles. The van der Waals surface area contributed by atoms with Crippen LogP contribution in [-0.4, -0.2) is 34.3 Å². The summed E-state index contributed by atoms with van der Waals surface area (Å²) in [5.74, 6) is -0.0857. The Kier molecular flexibility index (Phi) is 6.42. The molecule has 0 aliphatic carbocycles. The Bertz CT molecular complexity index is 867. The van der Waals surface area contributed by atoms with Gasteiger partial charge in [0.25, 0.3) is 0 Å². The van der Waals surface area contributed by atoms with Crippen LogP contribution in [0.4, 0.5) is 0 Å². The van der Waals surface area contributed by atoms with Crippen molar-refractivity contribution in [2.24, 2.45) is 11.3 Å². The number of hydrogen-bond acceptors (Lipinski definition) is 4. The first kappa shape index (κ1) is 21.5. The molecule has 0 radical (unpaired) electrons. The number of amides is 2. The molecule has 1 aromatic heterocycles. The average Bonchev–Trinajstić information content (AvgIpc) is 3.33. The first-order chi connectivity index (χ1) is 13.7. The number of likely N-dealkylation sites (tertiary alicyclic amines) is 1. The van der Waals surface area contributed by atoms with Gasteiger partial charge in [0.1, 0.15) is 6.04 Å². The Morgan fingerprint density at radius 2 is 1.97 bits per heavy atom. The molecule has 0 bridgehead atoms. The molecule has 29 heavy (non-hydrogen) atoms. The summed E-state index contributed by atoms with van der Waals surface area (Å²) in [6.07, 6.45) is 1.61. The smallest absolute Gasteiger partial charge is 0.243 e. The molecule has 3 rings (SSSR count). The number of thiazole rings is 1. The fourth-order valence-electron chi connectivity index (χ4n) is 3.58. The lowest BCUT2D eigenvalue weighted by Gasteiger charge is -2.32. The maximum Gasteiger partial charge on any atom is 0.243 e. The van der Waals surface area contributed by atoms with Gasteiger partial charge in [0.2, 0.25) is 11.8 Å². The summed E-state index contributed by atoms with van der Waals surface area (Å²) in [5, 5.41) is 3.03. The lowest BCUT2D eigenvalue weighted by atomic mass is 9.81. The van der Waals surface area contributed by atoms with E-state index < -0.39 is 0 Å². The lowest BCUT2D eigenvalue weighted by molar-refractivity contribution is -0.143. The summed E-state index contributed by atoms with van der Waals surface area (Å²) in [4.78, 5) is 32.9. The zero-order chi connectivity index (χ0) is 21.2. The second kappa shape index (κ2) is 8.66. The molecule has 2 amide bonds. The summed E-state index contributed by atoms with van der Waals surface area (Å²) in [6.45, 7) is 11.3. The molecule has 1 fully saturated rings. The van der Waals surface area contributed by atoms with Crippen LogP contribution in [0.25, 0.3) is 10.4 Å². The average molecular weight is 414 g/mol. The second-order valence-electron chi connectivity index (χ2n) is 8.96. The molecule has 2 heterocycles. The van der Waals surface area contributed by atoms with E-state index in [1.54, 1.807) is 16.2 Å². The van der Waals surface area contributed by atoms with Gasteiger partial charge >= 0.3 is 0 Å². The fourth-order valence-corrected chi connectivity index (χ4v) is 4.39. The number of aryl methyl sites for hydroxylation is 1. The molecule has 2 unspecified atom stereocenters. The van der Waals surface area contributed by atoms with Gasteiger partial charge in [-0.2, -0.15) is 0 Å². The van der Waals surface area contributed by atoms with Crippen molar-refractivity contribution in [1.29, 1.82) is 0 Å². The van der Waals surface area contributed by atoms with E-state index in [1.165, 1.54) is 4.88 Å². The molecule has 6 heteroatoms. The third-order valence-corrected chi connectivity index (χ3v) is 6.91. The van der Waals surface area contributed by atoms with Crippen LogP contribution in [0.3, 0.4) is 0 Å². The van der Waals surface area contributed by atoms with Crippen LogP contribution in [0.1, 0.15) is 51.8 Å². The molecule has 2 atom stereocenters. The molecule has 2 aromatic rings. The topological polar surface area (TPSA) is 62.3 Å². The van der Waals surface area contributed by atoms with E-state index in [0.29, 0.717) is 13.1 Å². The third-order valence-electron chi connectivity index (χ3n) is 5.94. The highest BCUT2D eigenvalue weighted by atomic mass is 32.1. The van der Waals surface area contributed by atoms with Crippen LogP contribution < -0.4 is 5.32 Å². The molecule has 0 saturated carbocycles. The van der Waals surface area contributed by atoms with Gasteiger partial charge in [0, 0.05) is 19.0 Å². The minimum atomic E-state index is -0.355. The number of nitrogens with zero attached hydrogens (tertiary/aromatic N) is 2. The molecule has 156 valence electrons. The van der Waals surface area contributed by atoms with Crippen LogP contribution in [0.5, 0.6) is 0 Å². The van der Waals surface area contributed by atoms with Gasteiger partial charge in [-0.1, -0.05) is 52.0 Å². The second-order valence-corrected chi connectivity index (χ2v) is 9.81. The van der Waals surface area contributed by atoms with Crippen molar-refractivity contribution in [2.75, 3.05) is 6.54 Å². The van der Waals surface area contributed by atoms with E-state index in [2.05, 4.69) is 43.2 Å². The van der Waals surface area contributed by atoms with E-state index in [-0.39, 0.29) is 29.2 Å². The van der Waals surface area contributed by atoms with Gasteiger partial charge in [-0.05, 0) is 36.3 Å². The zero-order valence-corrected chi connectivity index (χ0v) is 18.8. The van der Waals surface area contributed by atoms with Gasteiger partial charge in [-0.3, -0.25) is 9.59 Å². The Balaban J connectivity index is 1.60. The fraction of sp³-hybridized carbons (Fsp3) is 0.522. The lowest BCUT2D eigenvalue weighted by Crippen LogP contribution is -2.49. The Morgan fingerprint density at radius 3 is 2.55 bits per heavy atom. The summed E-state index contributed by atoms with van der Waals surface area (Å²) in [5.41, 5.74) is 4.96. The standard InChI is InChI=1S/C23H31N3O2S/c1-15(23(3,4)5)22(28)26-12-6-7-19(26)21(27)24-13-17-8-10-18(11-9-17)20-16(2)25-14-29-20/h8-11,14-15,19H,6-7,12-13H2,1-5H3,(H,24,27). The first-order valence-corrected chi connectivity index (χ1v) is 11.1. The third kappa shape index (κ3) is 4.86. The number of nitrogens with one attached hydrogen (secondary N) is 1. The van der Waals surface area contributed by atoms with Crippen molar-refractivity contribution in [1.82, 2.24) is 15.2 Å². The highest BCUT2D eigenvalue weighted by molar-refractivity contribution is 7.13. The Morgan fingerprint density at radius 1 is 1.28 bits per heavy atom. The quantitative estimate of drug-likeness (QED) is 0.790. The number of carbonyl (C=O) groups excluding carboxylic acids is 2. The molecule has 1 aliphatic rings. The minimum Gasteiger partial charge on any atom is -0.350 e. The number of aromatic nitrogens is 1. The van der Waals surface area contributed by atoms with Crippen LogP contribution in [0.2, 0.25) is 0 Å². The number of hydrogen-bond donors (Lipinski definition) is 1. The van der Waals surface area contributed by atoms with Crippen molar-refractivity contribution in [3.05, 3.63) is 41.0 Å². The van der Waals surface area contributed by atoms with Crippen molar-refractivity contribution in [2.45, 2.75) is 60.0 Å². The van der Waals surface area contributed by atoms with Crippen molar-refractivity contribution < 1.29 is 9.59 Å². The SMILES string of the molecule is Cc1ncsc1-c1ccc(CNC(=O)C2CCCN2C(=O)C(C)C(C)(C)C)cc1. The minimum absolute atomic E-state index is 0.0562. The maximum atomic E-state index is 12.9. The van der Waals surface area contributed by atoms with Crippen LogP contribution >= 0.6 is 11.3 Å². The van der Waals surface area contributed by atoms with Gasteiger partial charge in [-0.15, -0.1) is 11.3 Å². The highest BCUT2D eigenvalue weighted by Crippen LogP contribution is 2.30. The van der Waals surface area contributed by atoms with Crippen molar-refractivity contribution in [3.63, 3.8) is 0 Å². The van der Waals surface area contributed by atoms with Gasteiger partial charge in [-0.25, -0.2) is 4.98 Å². The Labute approximate surface area is 177 Å². The summed E-state index contributed by atoms with van der Waals surface area (Å²) < 4.78 is 0. The molecule has 1 aromatic carbocycles. The predicted molar refractivity (Wildman–Crippen MR) is 117 cm³/mol. The molecule has 1 N–H and O–H groups in total. The first-order valence-electron chi connectivity index (χ1n) is 10.3. The van der Waals surface area contributed by atoms with E-state index in [9.17, 15) is 9.59 Å². The largest absolute Gasteiger partial charge is 0.350 e. The van der Waals surface area contributed by atoms with E-state index in [1.807, 2.05) is 31.5 Å². The normalized spacial score (nSPS) is 18.0. The maximum absolute atomic E-state index is 12.9. The molecule has 5 nitrogen and oxygen atoms in total. The molecule has 1 saturated heterocycles. The van der Waals surface area contributed by atoms with E-state index in [4.69, 9.17) is 0 Å². The Hall–Kier alpha value is -2.21. The molecule has 0 spiro atoms. The van der Waals surface area contributed by atoms with Gasteiger partial charge in [0.15, 0.2) is 0 Å². The number of benzene rings is 1. The summed E-state index contributed by atoms with van der Waals surface area (Å²) >= 11 is 1.63. The number of rotatable bonds is 5. The van der Waals surface area contributed by atoms with Gasteiger partial charge < -0.3 is 10.2 Å². The molecular formula is C23H31N3O2S. The monoisotopic (exact) mass is 413 g/mol.